The normalized spacial score (nSPS) is 10.3. The molecule has 2 rings (SSSR count). The lowest BCUT2D eigenvalue weighted by Crippen LogP contribution is -2.25. The van der Waals surface area contributed by atoms with Gasteiger partial charge in [0.1, 0.15) is 5.02 Å². The predicted octanol–water partition coefficient (Wildman–Crippen LogP) is 2.26. The minimum atomic E-state index is -0.588. The smallest absolute Gasteiger partial charge is 0.287 e. The third kappa shape index (κ3) is 4.03. The van der Waals surface area contributed by atoms with Crippen molar-refractivity contribution in [2.45, 2.75) is 13.0 Å². The molecular weight excluding hydrogens is 296 g/mol. The van der Waals surface area contributed by atoms with Crippen LogP contribution in [0.25, 0.3) is 0 Å². The van der Waals surface area contributed by atoms with Crippen LogP contribution in [0.15, 0.2) is 36.9 Å². The van der Waals surface area contributed by atoms with Gasteiger partial charge in [0, 0.05) is 37.1 Å². The van der Waals surface area contributed by atoms with Gasteiger partial charge < -0.3 is 9.88 Å². The largest absolute Gasteiger partial charge is 0.352 e. The van der Waals surface area contributed by atoms with E-state index < -0.39 is 4.92 Å². The van der Waals surface area contributed by atoms with Gasteiger partial charge in [-0.3, -0.25) is 14.9 Å². The number of amides is 1. The average Bonchev–Trinajstić information content (AvgIpc) is 2.96. The second kappa shape index (κ2) is 6.85. The van der Waals surface area contributed by atoms with E-state index in [9.17, 15) is 14.9 Å². The summed E-state index contributed by atoms with van der Waals surface area (Å²) in [5, 5.41) is 13.3. The third-order valence-corrected chi connectivity index (χ3v) is 3.15. The van der Waals surface area contributed by atoms with Crippen LogP contribution in [-0.4, -0.2) is 26.9 Å². The average molecular weight is 309 g/mol. The van der Waals surface area contributed by atoms with Crippen LogP contribution < -0.4 is 5.32 Å². The molecule has 0 bridgehead atoms. The Morgan fingerprint density at radius 1 is 1.48 bits per heavy atom. The Hall–Kier alpha value is -2.41. The van der Waals surface area contributed by atoms with E-state index in [1.54, 1.807) is 12.5 Å². The minimum absolute atomic E-state index is 0.0499. The van der Waals surface area contributed by atoms with Gasteiger partial charge >= 0.3 is 0 Å². The molecule has 0 saturated carbocycles. The summed E-state index contributed by atoms with van der Waals surface area (Å²) in [5.41, 5.74) is 0.0848. The van der Waals surface area contributed by atoms with Gasteiger partial charge in [-0.15, -0.1) is 0 Å². The van der Waals surface area contributed by atoms with E-state index in [-0.39, 0.29) is 16.6 Å². The minimum Gasteiger partial charge on any atom is -0.352 e. The fraction of sp³-hybridized carbons (Fsp3) is 0.231. The van der Waals surface area contributed by atoms with Crippen molar-refractivity contribution in [1.29, 1.82) is 0 Å². The van der Waals surface area contributed by atoms with Crippen molar-refractivity contribution in [3.05, 3.63) is 57.6 Å². The molecule has 0 aliphatic carbocycles. The van der Waals surface area contributed by atoms with E-state index in [0.29, 0.717) is 12.1 Å². The number of hydrogen-bond acceptors (Lipinski definition) is 4. The number of benzene rings is 1. The summed E-state index contributed by atoms with van der Waals surface area (Å²) in [6.07, 6.45) is 6.00. The number of nitro benzene ring substituents is 1. The van der Waals surface area contributed by atoms with Gasteiger partial charge in [0.15, 0.2) is 0 Å². The van der Waals surface area contributed by atoms with Crippen molar-refractivity contribution in [2.75, 3.05) is 6.54 Å². The zero-order chi connectivity index (χ0) is 15.2. The van der Waals surface area contributed by atoms with E-state index in [0.717, 1.165) is 13.0 Å². The molecule has 0 spiro atoms. The molecule has 0 fully saturated rings. The second-order valence-electron chi connectivity index (χ2n) is 4.33. The molecule has 110 valence electrons. The molecule has 1 N–H and O–H groups in total. The van der Waals surface area contributed by atoms with Gasteiger partial charge in [0.05, 0.1) is 11.3 Å². The van der Waals surface area contributed by atoms with E-state index in [1.165, 1.54) is 18.2 Å². The molecule has 0 atom stereocenters. The monoisotopic (exact) mass is 308 g/mol. The highest BCUT2D eigenvalue weighted by atomic mass is 35.5. The van der Waals surface area contributed by atoms with Crippen molar-refractivity contribution in [3.8, 4) is 0 Å². The Bertz CT molecular complexity index is 643. The number of aromatic nitrogens is 2. The van der Waals surface area contributed by atoms with Crippen LogP contribution in [0.1, 0.15) is 16.8 Å². The molecule has 0 aliphatic heterocycles. The Kier molecular flexibility index (Phi) is 4.89. The summed E-state index contributed by atoms with van der Waals surface area (Å²) in [5.74, 6) is -0.308. The molecule has 0 unspecified atom stereocenters. The molecule has 1 heterocycles. The molecule has 0 aliphatic rings. The fourth-order valence-corrected chi connectivity index (χ4v) is 2.03. The summed E-state index contributed by atoms with van der Waals surface area (Å²) >= 11 is 5.77. The maximum atomic E-state index is 11.9. The van der Waals surface area contributed by atoms with Crippen molar-refractivity contribution in [3.63, 3.8) is 0 Å². The second-order valence-corrected chi connectivity index (χ2v) is 4.74. The van der Waals surface area contributed by atoms with Crippen LogP contribution in [0.2, 0.25) is 5.02 Å². The van der Waals surface area contributed by atoms with E-state index in [4.69, 9.17) is 11.6 Å². The number of hydrogen-bond donors (Lipinski definition) is 1. The Morgan fingerprint density at radius 3 is 2.90 bits per heavy atom. The zero-order valence-electron chi connectivity index (χ0n) is 11.0. The van der Waals surface area contributed by atoms with Gasteiger partial charge in [-0.05, 0) is 18.6 Å². The lowest BCUT2D eigenvalue weighted by Gasteiger charge is -2.06. The number of carbonyl (C=O) groups excluding carboxylic acids is 1. The molecule has 0 radical (unpaired) electrons. The summed E-state index contributed by atoms with van der Waals surface area (Å²) < 4.78 is 1.91. The molecule has 2 aromatic rings. The summed E-state index contributed by atoms with van der Waals surface area (Å²) in [6, 6.07) is 3.91. The lowest BCUT2D eigenvalue weighted by molar-refractivity contribution is -0.384. The van der Waals surface area contributed by atoms with E-state index in [1.807, 2.05) is 10.8 Å². The number of halogens is 1. The number of rotatable bonds is 6. The van der Waals surface area contributed by atoms with E-state index >= 15 is 0 Å². The van der Waals surface area contributed by atoms with Crippen LogP contribution >= 0.6 is 11.6 Å². The molecule has 21 heavy (non-hydrogen) atoms. The molecule has 1 aromatic heterocycles. The first-order valence-corrected chi connectivity index (χ1v) is 6.63. The lowest BCUT2D eigenvalue weighted by atomic mass is 10.2. The highest BCUT2D eigenvalue weighted by molar-refractivity contribution is 6.33. The first kappa shape index (κ1) is 15.0. The Morgan fingerprint density at radius 2 is 2.29 bits per heavy atom. The maximum Gasteiger partial charge on any atom is 0.287 e. The van der Waals surface area contributed by atoms with Gasteiger partial charge in [0.2, 0.25) is 0 Å². The highest BCUT2D eigenvalue weighted by Gasteiger charge is 2.14. The van der Waals surface area contributed by atoms with Crippen LogP contribution in [0.3, 0.4) is 0 Å². The van der Waals surface area contributed by atoms with Crippen LogP contribution in [-0.2, 0) is 6.54 Å². The molecular formula is C13H13ClN4O3. The number of nitro groups is 1. The molecule has 1 aromatic carbocycles. The third-order valence-electron chi connectivity index (χ3n) is 2.84. The molecule has 7 nitrogen and oxygen atoms in total. The van der Waals surface area contributed by atoms with Gasteiger partial charge in [0.25, 0.3) is 11.6 Å². The number of imidazole rings is 1. The fourth-order valence-electron chi connectivity index (χ4n) is 1.78. The summed E-state index contributed by atoms with van der Waals surface area (Å²) in [7, 11) is 0. The van der Waals surface area contributed by atoms with E-state index in [2.05, 4.69) is 10.3 Å². The molecule has 1 amide bonds. The first-order valence-electron chi connectivity index (χ1n) is 6.26. The van der Waals surface area contributed by atoms with Crippen LogP contribution in [0, 0.1) is 10.1 Å². The van der Waals surface area contributed by atoms with Crippen molar-refractivity contribution in [2.24, 2.45) is 0 Å². The predicted molar refractivity (Wildman–Crippen MR) is 77.3 cm³/mol. The standard InChI is InChI=1S/C13H13ClN4O3/c14-11-8-10(2-3-12(11)18(20)21)13(19)16-4-1-6-17-7-5-15-9-17/h2-3,5,7-9H,1,4,6H2,(H,16,19). The summed E-state index contributed by atoms with van der Waals surface area (Å²) in [6.45, 7) is 1.24. The maximum absolute atomic E-state index is 11.9. The topological polar surface area (TPSA) is 90.1 Å². The first-order chi connectivity index (χ1) is 10.1. The van der Waals surface area contributed by atoms with Crippen LogP contribution in [0.5, 0.6) is 0 Å². The van der Waals surface area contributed by atoms with Crippen molar-refractivity contribution < 1.29 is 9.72 Å². The van der Waals surface area contributed by atoms with Gasteiger partial charge in [-0.2, -0.15) is 0 Å². The van der Waals surface area contributed by atoms with Crippen molar-refractivity contribution in [1.82, 2.24) is 14.9 Å². The summed E-state index contributed by atoms with van der Waals surface area (Å²) in [4.78, 5) is 25.9. The highest BCUT2D eigenvalue weighted by Crippen LogP contribution is 2.24. The number of aryl methyl sites for hydroxylation is 1. The number of nitrogens with zero attached hydrogens (tertiary/aromatic N) is 3. The Balaban J connectivity index is 1.85. The zero-order valence-corrected chi connectivity index (χ0v) is 11.8. The van der Waals surface area contributed by atoms with Gasteiger partial charge in [-0.1, -0.05) is 11.6 Å². The Labute approximate surface area is 125 Å². The molecule has 0 saturated heterocycles. The van der Waals surface area contributed by atoms with Crippen molar-refractivity contribution >= 4 is 23.2 Å². The number of nitrogens with one attached hydrogen (secondary N) is 1. The van der Waals surface area contributed by atoms with Gasteiger partial charge in [-0.25, -0.2) is 4.98 Å². The molecule has 8 heteroatoms. The number of carbonyl (C=O) groups is 1. The quantitative estimate of drug-likeness (QED) is 0.503. The SMILES string of the molecule is O=C(NCCCn1ccnc1)c1ccc([N+](=O)[O-])c(Cl)c1. The van der Waals surface area contributed by atoms with Crippen LogP contribution in [0.4, 0.5) is 5.69 Å².